The first-order valence-electron chi connectivity index (χ1n) is 6.23. The number of hydrogen-bond donors (Lipinski definition) is 1. The second-order valence-electron chi connectivity index (χ2n) is 4.46. The Morgan fingerprint density at radius 3 is 2.64 bits per heavy atom. The number of aryl methyl sites for hydroxylation is 1. The van der Waals surface area contributed by atoms with Gasteiger partial charge in [0, 0.05) is 18.5 Å². The van der Waals surface area contributed by atoms with E-state index < -0.39 is 18.7 Å². The van der Waals surface area contributed by atoms with Gasteiger partial charge in [-0.05, 0) is 30.7 Å². The minimum absolute atomic E-state index is 0.183. The van der Waals surface area contributed by atoms with E-state index >= 15 is 0 Å². The van der Waals surface area contributed by atoms with Crippen LogP contribution in [0.2, 0.25) is 0 Å². The van der Waals surface area contributed by atoms with Crippen molar-refractivity contribution in [2.45, 2.75) is 13.1 Å². The summed E-state index contributed by atoms with van der Waals surface area (Å²) in [4.78, 5) is 19.6. The van der Waals surface area contributed by atoms with Gasteiger partial charge in [0.25, 0.3) is 5.91 Å². The molecule has 2 rings (SSSR count). The number of anilines is 1. The maximum absolute atomic E-state index is 12.0. The zero-order valence-corrected chi connectivity index (χ0v) is 11.5. The summed E-state index contributed by atoms with van der Waals surface area (Å²) in [6.07, 6.45) is -1.75. The Balaban J connectivity index is 1.99. The standard InChI is InChI=1S/C14H12F3N3O2/c1-9-4-5-18-11(6-9)20-13(21)10-2-3-12(19-7-10)22-8-14(15,16)17/h2-7H,8H2,1H3,(H,18,20,21). The number of halogens is 3. The molecule has 116 valence electrons. The molecule has 0 fully saturated rings. The van der Waals surface area contributed by atoms with Gasteiger partial charge in [0.2, 0.25) is 5.88 Å². The van der Waals surface area contributed by atoms with Crippen LogP contribution >= 0.6 is 0 Å². The van der Waals surface area contributed by atoms with Crippen molar-refractivity contribution < 1.29 is 22.7 Å². The fourth-order valence-corrected chi connectivity index (χ4v) is 1.55. The van der Waals surface area contributed by atoms with Crippen molar-refractivity contribution in [2.24, 2.45) is 0 Å². The minimum atomic E-state index is -4.44. The van der Waals surface area contributed by atoms with E-state index in [1.165, 1.54) is 12.1 Å². The second kappa shape index (κ2) is 6.42. The van der Waals surface area contributed by atoms with Gasteiger partial charge in [0.1, 0.15) is 5.82 Å². The van der Waals surface area contributed by atoms with Gasteiger partial charge in [-0.25, -0.2) is 9.97 Å². The van der Waals surface area contributed by atoms with Crippen LogP contribution in [-0.2, 0) is 0 Å². The van der Waals surface area contributed by atoms with Gasteiger partial charge in [-0.15, -0.1) is 0 Å². The van der Waals surface area contributed by atoms with Crippen molar-refractivity contribution in [3.8, 4) is 5.88 Å². The van der Waals surface area contributed by atoms with Crippen LogP contribution in [0, 0.1) is 6.92 Å². The molecular weight excluding hydrogens is 299 g/mol. The predicted molar refractivity (Wildman–Crippen MR) is 72.7 cm³/mol. The van der Waals surface area contributed by atoms with Crippen molar-refractivity contribution in [1.29, 1.82) is 0 Å². The average Bonchev–Trinajstić information content (AvgIpc) is 2.45. The summed E-state index contributed by atoms with van der Waals surface area (Å²) in [5, 5.41) is 2.56. The van der Waals surface area contributed by atoms with E-state index in [9.17, 15) is 18.0 Å². The Bertz CT molecular complexity index is 657. The molecule has 5 nitrogen and oxygen atoms in total. The van der Waals surface area contributed by atoms with Gasteiger partial charge >= 0.3 is 6.18 Å². The van der Waals surface area contributed by atoms with Crippen LogP contribution in [-0.4, -0.2) is 28.7 Å². The number of rotatable bonds is 4. The van der Waals surface area contributed by atoms with Crippen molar-refractivity contribution in [1.82, 2.24) is 9.97 Å². The quantitative estimate of drug-likeness (QED) is 0.943. The number of aromatic nitrogens is 2. The summed E-state index contributed by atoms with van der Waals surface area (Å²) < 4.78 is 40.5. The summed E-state index contributed by atoms with van der Waals surface area (Å²) in [7, 11) is 0. The zero-order valence-electron chi connectivity index (χ0n) is 11.5. The third-order valence-electron chi connectivity index (χ3n) is 2.54. The molecule has 0 atom stereocenters. The Morgan fingerprint density at radius 1 is 1.27 bits per heavy atom. The second-order valence-corrected chi connectivity index (χ2v) is 4.46. The molecule has 2 aromatic heterocycles. The molecule has 0 radical (unpaired) electrons. The van der Waals surface area contributed by atoms with E-state index in [0.717, 1.165) is 11.8 Å². The Labute approximate surface area is 124 Å². The molecule has 2 heterocycles. The van der Waals surface area contributed by atoms with E-state index in [1.807, 2.05) is 6.92 Å². The fourth-order valence-electron chi connectivity index (χ4n) is 1.55. The predicted octanol–water partition coefficient (Wildman–Crippen LogP) is 2.98. The summed E-state index contributed by atoms with van der Waals surface area (Å²) in [5.41, 5.74) is 1.11. The van der Waals surface area contributed by atoms with Gasteiger partial charge < -0.3 is 10.1 Å². The molecule has 2 aromatic rings. The lowest BCUT2D eigenvalue weighted by molar-refractivity contribution is -0.154. The lowest BCUT2D eigenvalue weighted by atomic mass is 10.2. The first-order valence-corrected chi connectivity index (χ1v) is 6.23. The molecule has 1 N–H and O–H groups in total. The Morgan fingerprint density at radius 2 is 2.05 bits per heavy atom. The third-order valence-corrected chi connectivity index (χ3v) is 2.54. The highest BCUT2D eigenvalue weighted by Gasteiger charge is 2.28. The molecule has 8 heteroatoms. The number of alkyl halides is 3. The van der Waals surface area contributed by atoms with Crippen LogP contribution in [0.4, 0.5) is 19.0 Å². The van der Waals surface area contributed by atoms with E-state index in [-0.39, 0.29) is 11.4 Å². The van der Waals surface area contributed by atoms with Gasteiger partial charge in [-0.2, -0.15) is 13.2 Å². The molecule has 0 aliphatic rings. The molecule has 0 spiro atoms. The van der Waals surface area contributed by atoms with E-state index in [2.05, 4.69) is 20.0 Å². The number of hydrogen-bond acceptors (Lipinski definition) is 4. The molecule has 0 bridgehead atoms. The number of carbonyl (C=O) groups excluding carboxylic acids is 1. The van der Waals surface area contributed by atoms with Crippen molar-refractivity contribution >= 4 is 11.7 Å². The van der Waals surface area contributed by atoms with Crippen molar-refractivity contribution in [3.63, 3.8) is 0 Å². The largest absolute Gasteiger partial charge is 0.468 e. The maximum Gasteiger partial charge on any atom is 0.422 e. The van der Waals surface area contributed by atoms with E-state index in [1.54, 1.807) is 18.3 Å². The SMILES string of the molecule is Cc1ccnc(NC(=O)c2ccc(OCC(F)(F)F)nc2)c1. The molecule has 0 aliphatic carbocycles. The van der Waals surface area contributed by atoms with Crippen LogP contribution in [0.3, 0.4) is 0 Å². The normalized spacial score (nSPS) is 11.1. The smallest absolute Gasteiger partial charge is 0.422 e. The Hall–Kier alpha value is -2.64. The van der Waals surface area contributed by atoms with Gasteiger partial charge in [-0.3, -0.25) is 4.79 Å². The molecule has 22 heavy (non-hydrogen) atoms. The topological polar surface area (TPSA) is 64.1 Å². The zero-order chi connectivity index (χ0) is 16.2. The third kappa shape index (κ3) is 4.72. The summed E-state index contributed by atoms with van der Waals surface area (Å²) in [6, 6.07) is 5.99. The number of nitrogens with one attached hydrogen (secondary N) is 1. The summed E-state index contributed by atoms with van der Waals surface area (Å²) in [6.45, 7) is 0.421. The number of carbonyl (C=O) groups is 1. The monoisotopic (exact) mass is 311 g/mol. The van der Waals surface area contributed by atoms with Gasteiger partial charge in [0.05, 0.1) is 5.56 Å². The number of pyridine rings is 2. The lowest BCUT2D eigenvalue weighted by Gasteiger charge is -2.09. The van der Waals surface area contributed by atoms with Gasteiger partial charge in [0.15, 0.2) is 6.61 Å². The number of amides is 1. The molecular formula is C14H12F3N3O2. The highest BCUT2D eigenvalue weighted by Crippen LogP contribution is 2.17. The maximum atomic E-state index is 12.0. The molecule has 0 aromatic carbocycles. The average molecular weight is 311 g/mol. The molecule has 0 saturated heterocycles. The van der Waals surface area contributed by atoms with Crippen LogP contribution in [0.25, 0.3) is 0 Å². The minimum Gasteiger partial charge on any atom is -0.468 e. The molecule has 0 saturated carbocycles. The first kappa shape index (κ1) is 15.7. The van der Waals surface area contributed by atoms with Crippen LogP contribution in [0.5, 0.6) is 5.88 Å². The highest BCUT2D eigenvalue weighted by atomic mass is 19.4. The van der Waals surface area contributed by atoms with E-state index in [4.69, 9.17) is 0 Å². The molecule has 0 aliphatic heterocycles. The Kier molecular flexibility index (Phi) is 4.59. The number of ether oxygens (including phenoxy) is 1. The highest BCUT2D eigenvalue weighted by molar-refractivity contribution is 6.03. The summed E-state index contributed by atoms with van der Waals surface area (Å²) >= 11 is 0. The molecule has 0 unspecified atom stereocenters. The van der Waals surface area contributed by atoms with Crippen LogP contribution in [0.15, 0.2) is 36.7 Å². The van der Waals surface area contributed by atoms with Crippen molar-refractivity contribution in [3.05, 3.63) is 47.8 Å². The fraction of sp³-hybridized carbons (Fsp3) is 0.214. The number of nitrogens with zero attached hydrogens (tertiary/aromatic N) is 2. The first-order chi connectivity index (χ1) is 10.3. The summed E-state index contributed by atoms with van der Waals surface area (Å²) in [5.74, 6) is -0.294. The lowest BCUT2D eigenvalue weighted by Crippen LogP contribution is -2.19. The van der Waals surface area contributed by atoms with Crippen LogP contribution in [0.1, 0.15) is 15.9 Å². The van der Waals surface area contributed by atoms with Crippen LogP contribution < -0.4 is 10.1 Å². The molecule has 1 amide bonds. The van der Waals surface area contributed by atoms with Crippen molar-refractivity contribution in [2.75, 3.05) is 11.9 Å². The van der Waals surface area contributed by atoms with E-state index in [0.29, 0.717) is 5.82 Å². The van der Waals surface area contributed by atoms with Gasteiger partial charge in [-0.1, -0.05) is 0 Å².